The lowest BCUT2D eigenvalue weighted by molar-refractivity contribution is -0.166. The summed E-state index contributed by atoms with van der Waals surface area (Å²) in [6.45, 7) is 6.18. The maximum Gasteiger partial charge on any atom is 0.306 e. The zero-order valence-corrected chi connectivity index (χ0v) is 53.4. The minimum absolute atomic E-state index is 0.127. The Labute approximate surface area is 511 Å². The van der Waals surface area contributed by atoms with Crippen molar-refractivity contribution in [3.05, 3.63) is 170 Å². The number of rotatable bonds is 59. The van der Waals surface area contributed by atoms with E-state index in [0.717, 1.165) is 116 Å². The molecular weight excluding hydrogens is 1020 g/mol. The van der Waals surface area contributed by atoms with Gasteiger partial charge in [-0.1, -0.05) is 300 Å². The Morgan fingerprint density at radius 3 is 0.783 bits per heavy atom. The van der Waals surface area contributed by atoms with Crippen molar-refractivity contribution in [3.8, 4) is 0 Å². The predicted octanol–water partition coefficient (Wildman–Crippen LogP) is 23.4. The minimum Gasteiger partial charge on any atom is -0.462 e. The largest absolute Gasteiger partial charge is 0.462 e. The fraction of sp³-hybridized carbons (Fsp3) is 0.597. The second-order valence-electron chi connectivity index (χ2n) is 21.6. The molecule has 0 rings (SSSR count). The monoisotopic (exact) mass is 1140 g/mol. The molecule has 1 unspecified atom stereocenters. The molecule has 0 aromatic carbocycles. The number of unbranched alkanes of at least 4 members (excludes halogenated alkanes) is 20. The quantitative estimate of drug-likeness (QED) is 0.0261. The van der Waals surface area contributed by atoms with Crippen LogP contribution in [-0.2, 0) is 28.6 Å². The van der Waals surface area contributed by atoms with Gasteiger partial charge >= 0.3 is 17.9 Å². The van der Waals surface area contributed by atoms with Gasteiger partial charge in [0.2, 0.25) is 0 Å². The van der Waals surface area contributed by atoms with E-state index in [2.05, 4.69) is 179 Å². The molecule has 0 saturated carbocycles. The van der Waals surface area contributed by atoms with Crippen LogP contribution in [0.25, 0.3) is 0 Å². The van der Waals surface area contributed by atoms with E-state index in [0.29, 0.717) is 19.3 Å². The number of ether oxygens (including phenoxy) is 3. The first-order valence-corrected chi connectivity index (χ1v) is 33.6. The highest BCUT2D eigenvalue weighted by Gasteiger charge is 2.19. The normalized spacial score (nSPS) is 13.2. The molecular formula is C77H122O6. The van der Waals surface area contributed by atoms with Crippen LogP contribution in [0.15, 0.2) is 170 Å². The average molecular weight is 1140 g/mol. The number of hydrogen-bond donors (Lipinski definition) is 0. The Morgan fingerprint density at radius 1 is 0.241 bits per heavy atom. The zero-order valence-electron chi connectivity index (χ0n) is 53.4. The van der Waals surface area contributed by atoms with Crippen molar-refractivity contribution in [2.24, 2.45) is 0 Å². The summed E-state index contributed by atoms with van der Waals surface area (Å²) in [5, 5.41) is 0. The van der Waals surface area contributed by atoms with E-state index in [4.69, 9.17) is 14.2 Å². The molecule has 1 atom stereocenters. The summed E-state index contributed by atoms with van der Waals surface area (Å²) in [6, 6.07) is 0. The SMILES string of the molecule is CC/C=C\C/C=C\C/C=C\C/C=C\C/C=C\CCCCCCCCCCCCCCCCCCCCCC(=O)OCC(COC(=O)CC/C=C\C/C=C\C/C=C\C/C=C\CC)OC(=O)CCC/C=C\C/C=C\C/C=C\C/C=C\C/C=C\CC. The van der Waals surface area contributed by atoms with Crippen molar-refractivity contribution < 1.29 is 28.6 Å². The van der Waals surface area contributed by atoms with Crippen LogP contribution in [0.5, 0.6) is 0 Å². The fourth-order valence-corrected chi connectivity index (χ4v) is 8.81. The van der Waals surface area contributed by atoms with Gasteiger partial charge in [-0.2, -0.15) is 0 Å². The van der Waals surface area contributed by atoms with Gasteiger partial charge in [-0.25, -0.2) is 0 Å². The maximum absolute atomic E-state index is 12.9. The average Bonchev–Trinajstić information content (AvgIpc) is 3.49. The third kappa shape index (κ3) is 67.4. The van der Waals surface area contributed by atoms with E-state index in [-0.39, 0.29) is 44.0 Å². The highest BCUT2D eigenvalue weighted by molar-refractivity contribution is 5.71. The van der Waals surface area contributed by atoms with Gasteiger partial charge in [-0.15, -0.1) is 0 Å². The molecule has 0 radical (unpaired) electrons. The van der Waals surface area contributed by atoms with Crippen LogP contribution in [-0.4, -0.2) is 37.2 Å². The molecule has 0 aliphatic carbocycles. The van der Waals surface area contributed by atoms with E-state index < -0.39 is 6.10 Å². The number of esters is 3. The highest BCUT2D eigenvalue weighted by atomic mass is 16.6. The van der Waals surface area contributed by atoms with Crippen LogP contribution in [0.3, 0.4) is 0 Å². The number of carbonyl (C=O) groups excluding carboxylic acids is 3. The van der Waals surface area contributed by atoms with Gasteiger partial charge in [0.25, 0.3) is 0 Å². The third-order valence-corrected chi connectivity index (χ3v) is 13.7. The smallest absolute Gasteiger partial charge is 0.306 e. The Kier molecular flexibility index (Phi) is 64.9. The lowest BCUT2D eigenvalue weighted by Gasteiger charge is -2.18. The van der Waals surface area contributed by atoms with Gasteiger partial charge in [0.05, 0.1) is 0 Å². The number of carbonyl (C=O) groups is 3. The summed E-state index contributed by atoms with van der Waals surface area (Å²) < 4.78 is 16.8. The van der Waals surface area contributed by atoms with Gasteiger partial charge in [-0.3, -0.25) is 14.4 Å². The van der Waals surface area contributed by atoms with Gasteiger partial charge in [0.15, 0.2) is 6.10 Å². The minimum atomic E-state index is -0.843. The van der Waals surface area contributed by atoms with Crippen LogP contribution in [0.2, 0.25) is 0 Å². The first-order chi connectivity index (χ1) is 41.0. The molecule has 0 bridgehead atoms. The first-order valence-electron chi connectivity index (χ1n) is 33.6. The van der Waals surface area contributed by atoms with E-state index in [1.165, 1.54) is 109 Å². The summed E-state index contributed by atoms with van der Waals surface area (Å²) in [5.41, 5.74) is 0. The lowest BCUT2D eigenvalue weighted by atomic mass is 10.0. The molecule has 0 aromatic rings. The van der Waals surface area contributed by atoms with E-state index >= 15 is 0 Å². The summed E-state index contributed by atoms with van der Waals surface area (Å²) >= 11 is 0. The van der Waals surface area contributed by atoms with Gasteiger partial charge in [-0.05, 0) is 128 Å². The van der Waals surface area contributed by atoms with Crippen molar-refractivity contribution in [2.75, 3.05) is 13.2 Å². The lowest BCUT2D eigenvalue weighted by Crippen LogP contribution is -2.30. The topological polar surface area (TPSA) is 78.9 Å². The number of hydrogen-bond acceptors (Lipinski definition) is 6. The van der Waals surface area contributed by atoms with E-state index in [9.17, 15) is 14.4 Å². The van der Waals surface area contributed by atoms with E-state index in [1.54, 1.807) is 0 Å². The van der Waals surface area contributed by atoms with Crippen LogP contribution in [0.4, 0.5) is 0 Å². The molecule has 0 saturated heterocycles. The third-order valence-electron chi connectivity index (χ3n) is 13.7. The standard InChI is InChI=1S/C77H122O6/c1-4-7-10-13-16-19-22-25-27-29-30-31-32-33-34-35-36-37-38-39-40-41-42-43-44-45-46-48-49-52-55-58-61-64-67-70-76(79)82-73-74(72-81-75(78)69-66-63-60-57-54-51-24-21-18-15-12-9-6-3)83-77(80)71-68-65-62-59-56-53-50-47-28-26-23-20-17-14-11-8-5-2/h7-12,16-21,25-28,30-31,33-34,50-51,53-54,59-60,62-63,74H,4-6,13-15,22-24,29,32,35-49,52,55-58,61,64-73H2,1-3H3/b10-7-,11-8-,12-9-,19-16-,20-17-,21-18-,27-25-,28-26-,31-30-,34-33-,53-50-,54-51-,62-59-,63-60-. The maximum atomic E-state index is 12.9. The summed E-state index contributed by atoms with van der Waals surface area (Å²) in [4.78, 5) is 38.2. The van der Waals surface area contributed by atoms with Gasteiger partial charge < -0.3 is 14.2 Å². The molecule has 6 heteroatoms. The van der Waals surface area contributed by atoms with Gasteiger partial charge in [0, 0.05) is 19.3 Å². The molecule has 83 heavy (non-hydrogen) atoms. The molecule has 0 aliphatic heterocycles. The van der Waals surface area contributed by atoms with Crippen LogP contribution < -0.4 is 0 Å². The molecule has 0 spiro atoms. The molecule has 0 heterocycles. The molecule has 0 aliphatic rings. The molecule has 0 N–H and O–H groups in total. The Bertz CT molecular complexity index is 1890. The van der Waals surface area contributed by atoms with Crippen molar-refractivity contribution in [1.82, 2.24) is 0 Å². The molecule has 0 fully saturated rings. The van der Waals surface area contributed by atoms with Crippen LogP contribution in [0.1, 0.15) is 278 Å². The highest BCUT2D eigenvalue weighted by Crippen LogP contribution is 2.16. The summed E-state index contributed by atoms with van der Waals surface area (Å²) in [5.74, 6) is -1.07. The van der Waals surface area contributed by atoms with Crippen molar-refractivity contribution in [3.63, 3.8) is 0 Å². The van der Waals surface area contributed by atoms with Crippen molar-refractivity contribution in [2.45, 2.75) is 284 Å². The number of allylic oxidation sites excluding steroid dienone is 28. The first kappa shape index (κ1) is 77.8. The predicted molar refractivity (Wildman–Crippen MR) is 361 cm³/mol. The Morgan fingerprint density at radius 2 is 0.470 bits per heavy atom. The van der Waals surface area contributed by atoms with E-state index in [1.807, 2.05) is 12.2 Å². The summed E-state index contributed by atoms with van der Waals surface area (Å²) in [7, 11) is 0. The second-order valence-corrected chi connectivity index (χ2v) is 21.6. The molecule has 0 aromatic heterocycles. The second kappa shape index (κ2) is 69.3. The zero-order chi connectivity index (χ0) is 59.9. The van der Waals surface area contributed by atoms with Crippen molar-refractivity contribution in [1.29, 1.82) is 0 Å². The van der Waals surface area contributed by atoms with Gasteiger partial charge in [0.1, 0.15) is 13.2 Å². The molecule has 6 nitrogen and oxygen atoms in total. The molecule has 0 amide bonds. The van der Waals surface area contributed by atoms with Crippen LogP contribution in [0, 0.1) is 0 Å². The van der Waals surface area contributed by atoms with Crippen molar-refractivity contribution >= 4 is 17.9 Å². The summed E-state index contributed by atoms with van der Waals surface area (Å²) in [6.07, 6.45) is 103. The molecule has 466 valence electrons. The van der Waals surface area contributed by atoms with Crippen LogP contribution >= 0.6 is 0 Å². The fourth-order valence-electron chi connectivity index (χ4n) is 8.81. The Hall–Kier alpha value is -5.23. The Balaban J connectivity index is 4.24.